The molecule has 0 aliphatic rings. The molecule has 2 rings (SSSR count). The molecular formula is C18H21NO. The third-order valence-electron chi connectivity index (χ3n) is 3.39. The number of anilines is 1. The van der Waals surface area contributed by atoms with Crippen LogP contribution in [0.25, 0.3) is 0 Å². The molecule has 0 fully saturated rings. The highest BCUT2D eigenvalue weighted by molar-refractivity contribution is 6.09. The summed E-state index contributed by atoms with van der Waals surface area (Å²) in [5, 5.41) is 0. The minimum Gasteiger partial charge on any atom is -0.399 e. The van der Waals surface area contributed by atoms with Crippen molar-refractivity contribution >= 4 is 11.5 Å². The van der Waals surface area contributed by atoms with Gasteiger partial charge in [-0.2, -0.15) is 0 Å². The lowest BCUT2D eigenvalue weighted by atomic mass is 9.97. The second-order valence-corrected chi connectivity index (χ2v) is 5.70. The number of rotatable bonds is 4. The number of hydrogen-bond donors (Lipinski definition) is 1. The van der Waals surface area contributed by atoms with Crippen molar-refractivity contribution in [3.8, 4) is 0 Å². The summed E-state index contributed by atoms with van der Waals surface area (Å²) in [4.78, 5) is 12.4. The van der Waals surface area contributed by atoms with Gasteiger partial charge in [0, 0.05) is 16.8 Å². The summed E-state index contributed by atoms with van der Waals surface area (Å²) < 4.78 is 0. The zero-order valence-corrected chi connectivity index (χ0v) is 12.3. The van der Waals surface area contributed by atoms with Crippen LogP contribution < -0.4 is 5.73 Å². The molecule has 20 heavy (non-hydrogen) atoms. The van der Waals surface area contributed by atoms with Gasteiger partial charge in [0.25, 0.3) is 0 Å². The van der Waals surface area contributed by atoms with Crippen LogP contribution >= 0.6 is 0 Å². The summed E-state index contributed by atoms with van der Waals surface area (Å²) in [7, 11) is 0. The summed E-state index contributed by atoms with van der Waals surface area (Å²) in [5.41, 5.74) is 10.1. The monoisotopic (exact) mass is 267 g/mol. The van der Waals surface area contributed by atoms with Crippen molar-refractivity contribution in [3.63, 3.8) is 0 Å². The Morgan fingerprint density at radius 3 is 2.20 bits per heavy atom. The van der Waals surface area contributed by atoms with Crippen LogP contribution in [0.4, 0.5) is 5.69 Å². The van der Waals surface area contributed by atoms with Gasteiger partial charge in [0.1, 0.15) is 0 Å². The number of nitrogens with two attached hydrogens (primary N) is 1. The number of hydrogen-bond acceptors (Lipinski definition) is 2. The highest BCUT2D eigenvalue weighted by Gasteiger charge is 2.10. The number of carbonyl (C=O) groups excluding carboxylic acids is 1. The van der Waals surface area contributed by atoms with Crippen molar-refractivity contribution in [3.05, 3.63) is 64.7 Å². The Bertz CT molecular complexity index is 612. The number of benzene rings is 2. The smallest absolute Gasteiger partial charge is 0.193 e. The molecule has 0 amide bonds. The zero-order valence-electron chi connectivity index (χ0n) is 12.3. The van der Waals surface area contributed by atoms with Crippen LogP contribution in [-0.4, -0.2) is 5.78 Å². The van der Waals surface area contributed by atoms with Crippen LogP contribution in [0.15, 0.2) is 42.5 Å². The SMILES string of the molecule is Cc1cc(C(=O)c2ccc(CC(C)C)cc2)ccc1N. The minimum atomic E-state index is 0.0456. The zero-order chi connectivity index (χ0) is 14.7. The molecule has 0 saturated heterocycles. The first-order valence-corrected chi connectivity index (χ1v) is 6.97. The maximum absolute atomic E-state index is 12.4. The van der Waals surface area contributed by atoms with E-state index in [0.717, 1.165) is 17.5 Å². The molecule has 0 radical (unpaired) electrons. The predicted octanol–water partition coefficient (Wildman–Crippen LogP) is 4.01. The largest absolute Gasteiger partial charge is 0.399 e. The first kappa shape index (κ1) is 14.3. The molecule has 0 aromatic heterocycles. The van der Waals surface area contributed by atoms with E-state index in [1.165, 1.54) is 5.56 Å². The van der Waals surface area contributed by atoms with Crippen molar-refractivity contribution in [1.29, 1.82) is 0 Å². The Labute approximate surface area is 120 Å². The second kappa shape index (κ2) is 5.91. The normalized spacial score (nSPS) is 10.8. The maximum Gasteiger partial charge on any atom is 0.193 e. The van der Waals surface area contributed by atoms with E-state index in [-0.39, 0.29) is 5.78 Å². The topological polar surface area (TPSA) is 43.1 Å². The van der Waals surface area contributed by atoms with Crippen LogP contribution in [-0.2, 0) is 6.42 Å². The molecule has 0 spiro atoms. The Hall–Kier alpha value is -2.09. The fraction of sp³-hybridized carbons (Fsp3) is 0.278. The second-order valence-electron chi connectivity index (χ2n) is 5.70. The van der Waals surface area contributed by atoms with Gasteiger partial charge in [-0.3, -0.25) is 4.79 Å². The van der Waals surface area contributed by atoms with Crippen LogP contribution in [0.5, 0.6) is 0 Å². The number of carbonyl (C=O) groups is 1. The van der Waals surface area contributed by atoms with Crippen molar-refractivity contribution in [2.75, 3.05) is 5.73 Å². The fourth-order valence-electron chi connectivity index (χ4n) is 2.25. The van der Waals surface area contributed by atoms with Gasteiger partial charge in [-0.15, -0.1) is 0 Å². The third kappa shape index (κ3) is 3.27. The first-order chi connectivity index (χ1) is 9.47. The quantitative estimate of drug-likeness (QED) is 0.672. The predicted molar refractivity (Wildman–Crippen MR) is 84.0 cm³/mol. The molecule has 2 N–H and O–H groups in total. The number of ketones is 1. The summed E-state index contributed by atoms with van der Waals surface area (Å²) in [5.74, 6) is 0.667. The number of aryl methyl sites for hydroxylation is 1. The minimum absolute atomic E-state index is 0.0456. The van der Waals surface area contributed by atoms with Gasteiger partial charge in [-0.05, 0) is 48.6 Å². The van der Waals surface area contributed by atoms with E-state index in [2.05, 4.69) is 13.8 Å². The molecular weight excluding hydrogens is 246 g/mol. The molecule has 0 unspecified atom stereocenters. The van der Waals surface area contributed by atoms with Crippen molar-refractivity contribution < 1.29 is 4.79 Å². The standard InChI is InChI=1S/C18H21NO/c1-12(2)10-14-4-6-15(7-5-14)18(20)16-8-9-17(19)13(3)11-16/h4-9,11-12H,10,19H2,1-3H3. The van der Waals surface area contributed by atoms with Crippen molar-refractivity contribution in [2.24, 2.45) is 5.92 Å². The van der Waals surface area contributed by atoms with E-state index in [0.29, 0.717) is 17.2 Å². The Morgan fingerprint density at radius 2 is 1.65 bits per heavy atom. The summed E-state index contributed by atoms with van der Waals surface area (Å²) in [6.07, 6.45) is 1.04. The van der Waals surface area contributed by atoms with Gasteiger partial charge in [0.15, 0.2) is 5.78 Å². The van der Waals surface area contributed by atoms with E-state index in [1.54, 1.807) is 12.1 Å². The fourth-order valence-corrected chi connectivity index (χ4v) is 2.25. The molecule has 2 nitrogen and oxygen atoms in total. The van der Waals surface area contributed by atoms with Crippen LogP contribution in [0, 0.1) is 12.8 Å². The van der Waals surface area contributed by atoms with Crippen LogP contribution in [0.3, 0.4) is 0 Å². The molecule has 0 saturated carbocycles. The van der Waals surface area contributed by atoms with Gasteiger partial charge < -0.3 is 5.73 Å². The summed E-state index contributed by atoms with van der Waals surface area (Å²) in [6.45, 7) is 6.30. The Kier molecular flexibility index (Phi) is 4.23. The van der Waals surface area contributed by atoms with Gasteiger partial charge in [0.05, 0.1) is 0 Å². The van der Waals surface area contributed by atoms with E-state index < -0.39 is 0 Å². The van der Waals surface area contributed by atoms with Gasteiger partial charge in [-0.1, -0.05) is 38.1 Å². The average molecular weight is 267 g/mol. The highest BCUT2D eigenvalue weighted by atomic mass is 16.1. The highest BCUT2D eigenvalue weighted by Crippen LogP contribution is 2.17. The summed E-state index contributed by atoms with van der Waals surface area (Å²) in [6, 6.07) is 13.3. The summed E-state index contributed by atoms with van der Waals surface area (Å²) >= 11 is 0. The average Bonchev–Trinajstić information content (AvgIpc) is 2.41. The molecule has 2 heteroatoms. The molecule has 0 aliphatic carbocycles. The van der Waals surface area contributed by atoms with Crippen LogP contribution in [0.1, 0.15) is 40.9 Å². The lowest BCUT2D eigenvalue weighted by Crippen LogP contribution is -2.03. The molecule has 0 aliphatic heterocycles. The number of nitrogen functional groups attached to an aromatic ring is 1. The van der Waals surface area contributed by atoms with Crippen molar-refractivity contribution in [1.82, 2.24) is 0 Å². The van der Waals surface area contributed by atoms with Gasteiger partial charge in [-0.25, -0.2) is 0 Å². The van der Waals surface area contributed by atoms with E-state index in [9.17, 15) is 4.79 Å². The first-order valence-electron chi connectivity index (χ1n) is 6.97. The van der Waals surface area contributed by atoms with E-state index in [1.807, 2.05) is 37.3 Å². The van der Waals surface area contributed by atoms with E-state index in [4.69, 9.17) is 5.73 Å². The lowest BCUT2D eigenvalue weighted by molar-refractivity contribution is 0.103. The van der Waals surface area contributed by atoms with Crippen molar-refractivity contribution in [2.45, 2.75) is 27.2 Å². The Balaban J connectivity index is 2.22. The maximum atomic E-state index is 12.4. The molecule has 104 valence electrons. The lowest BCUT2D eigenvalue weighted by Gasteiger charge is -2.07. The molecule has 0 bridgehead atoms. The Morgan fingerprint density at radius 1 is 1.05 bits per heavy atom. The third-order valence-corrected chi connectivity index (χ3v) is 3.39. The van der Waals surface area contributed by atoms with Crippen LogP contribution in [0.2, 0.25) is 0 Å². The van der Waals surface area contributed by atoms with Gasteiger partial charge in [0.2, 0.25) is 0 Å². The molecule has 2 aromatic carbocycles. The molecule has 0 heterocycles. The molecule has 2 aromatic rings. The van der Waals surface area contributed by atoms with Gasteiger partial charge >= 0.3 is 0 Å². The van der Waals surface area contributed by atoms with E-state index >= 15 is 0 Å². The molecule has 0 atom stereocenters.